The molecular weight excluding hydrogens is 236 g/mol. The molecule has 1 aromatic rings. The highest BCUT2D eigenvalue weighted by Gasteiger charge is 2.15. The Bertz CT molecular complexity index is 399. The Morgan fingerprint density at radius 3 is 2.75 bits per heavy atom. The number of carbonyl (C=O) groups excluding carboxylic acids is 1. The Hall–Kier alpha value is -1.30. The summed E-state index contributed by atoms with van der Waals surface area (Å²) in [4.78, 5) is 11.4. The minimum atomic E-state index is -0.971. The number of hydrogen-bond donors (Lipinski definition) is 1. The van der Waals surface area contributed by atoms with E-state index in [2.05, 4.69) is 0 Å². The van der Waals surface area contributed by atoms with Crippen LogP contribution in [-0.4, -0.2) is 24.6 Å². The number of thioether (sulfide) groups is 1. The van der Waals surface area contributed by atoms with E-state index in [-0.39, 0.29) is 17.9 Å². The standard InChI is InChI=1S/C10H11F2NO2S/c1-16-3-2-15-10(14)6-4-9(13)8(12)5-7(6)11/h4-5H,2-3,13H2,1H3. The summed E-state index contributed by atoms with van der Waals surface area (Å²) in [6.07, 6.45) is 1.85. The third-order valence-electron chi connectivity index (χ3n) is 1.83. The topological polar surface area (TPSA) is 52.3 Å². The summed E-state index contributed by atoms with van der Waals surface area (Å²) in [5.41, 5.74) is 4.60. The van der Waals surface area contributed by atoms with Gasteiger partial charge in [0, 0.05) is 11.8 Å². The van der Waals surface area contributed by atoms with Gasteiger partial charge in [0.2, 0.25) is 0 Å². The number of halogens is 2. The molecule has 0 aromatic heterocycles. The van der Waals surface area contributed by atoms with Crippen molar-refractivity contribution in [3.05, 3.63) is 29.3 Å². The van der Waals surface area contributed by atoms with E-state index in [1.165, 1.54) is 11.8 Å². The van der Waals surface area contributed by atoms with Crippen LogP contribution in [0.2, 0.25) is 0 Å². The fourth-order valence-electron chi connectivity index (χ4n) is 1.02. The molecule has 1 rings (SSSR count). The second kappa shape index (κ2) is 5.69. The number of ether oxygens (including phenoxy) is 1. The molecule has 0 saturated heterocycles. The first kappa shape index (κ1) is 12.8. The van der Waals surface area contributed by atoms with Gasteiger partial charge in [0.1, 0.15) is 18.2 Å². The number of hydrogen-bond acceptors (Lipinski definition) is 4. The number of esters is 1. The smallest absolute Gasteiger partial charge is 0.341 e. The van der Waals surface area contributed by atoms with Crippen LogP contribution in [-0.2, 0) is 4.74 Å². The Labute approximate surface area is 96.0 Å². The Morgan fingerprint density at radius 2 is 2.12 bits per heavy atom. The van der Waals surface area contributed by atoms with Crippen LogP contribution in [0.3, 0.4) is 0 Å². The maximum absolute atomic E-state index is 13.2. The highest BCUT2D eigenvalue weighted by Crippen LogP contribution is 2.17. The predicted octanol–water partition coefficient (Wildman–Crippen LogP) is 2.07. The van der Waals surface area contributed by atoms with Crippen molar-refractivity contribution in [3.63, 3.8) is 0 Å². The van der Waals surface area contributed by atoms with E-state index in [0.29, 0.717) is 11.8 Å². The first-order valence-electron chi connectivity index (χ1n) is 4.47. The van der Waals surface area contributed by atoms with Crippen molar-refractivity contribution in [2.24, 2.45) is 0 Å². The van der Waals surface area contributed by atoms with Gasteiger partial charge >= 0.3 is 5.97 Å². The third kappa shape index (κ3) is 3.10. The zero-order chi connectivity index (χ0) is 12.1. The van der Waals surface area contributed by atoms with E-state index in [1.54, 1.807) is 0 Å². The van der Waals surface area contributed by atoms with Crippen LogP contribution in [0.1, 0.15) is 10.4 Å². The number of rotatable bonds is 4. The highest BCUT2D eigenvalue weighted by molar-refractivity contribution is 7.98. The second-order valence-corrected chi connectivity index (χ2v) is 3.97. The maximum Gasteiger partial charge on any atom is 0.341 e. The number of nitrogens with two attached hydrogens (primary N) is 1. The number of carbonyl (C=O) groups is 1. The maximum atomic E-state index is 13.2. The van der Waals surface area contributed by atoms with Gasteiger partial charge < -0.3 is 10.5 Å². The van der Waals surface area contributed by atoms with Crippen LogP contribution >= 0.6 is 11.8 Å². The lowest BCUT2D eigenvalue weighted by atomic mass is 10.2. The summed E-state index contributed by atoms with van der Waals surface area (Å²) >= 11 is 1.49. The first-order chi connectivity index (χ1) is 7.56. The van der Waals surface area contributed by atoms with E-state index in [4.69, 9.17) is 10.5 Å². The summed E-state index contributed by atoms with van der Waals surface area (Å²) in [5, 5.41) is 0. The van der Waals surface area contributed by atoms with Crippen molar-refractivity contribution in [2.45, 2.75) is 0 Å². The van der Waals surface area contributed by atoms with Crippen molar-refractivity contribution in [2.75, 3.05) is 24.3 Å². The average molecular weight is 247 g/mol. The van der Waals surface area contributed by atoms with E-state index in [9.17, 15) is 13.6 Å². The van der Waals surface area contributed by atoms with Gasteiger partial charge in [-0.2, -0.15) is 11.8 Å². The van der Waals surface area contributed by atoms with E-state index >= 15 is 0 Å². The molecular formula is C10H11F2NO2S. The molecule has 88 valence electrons. The van der Waals surface area contributed by atoms with E-state index in [1.807, 2.05) is 6.26 Å². The molecule has 0 saturated carbocycles. The summed E-state index contributed by atoms with van der Waals surface area (Å²) in [6, 6.07) is 1.51. The summed E-state index contributed by atoms with van der Waals surface area (Å²) in [7, 11) is 0. The van der Waals surface area contributed by atoms with Crippen LogP contribution in [0.5, 0.6) is 0 Å². The predicted molar refractivity (Wildman–Crippen MR) is 59.4 cm³/mol. The molecule has 0 unspecified atom stereocenters. The van der Waals surface area contributed by atoms with E-state index in [0.717, 1.165) is 6.07 Å². The molecule has 0 spiro atoms. The Morgan fingerprint density at radius 1 is 1.44 bits per heavy atom. The van der Waals surface area contributed by atoms with Crippen LogP contribution in [0.25, 0.3) is 0 Å². The minimum absolute atomic E-state index is 0.177. The molecule has 0 fully saturated rings. The quantitative estimate of drug-likeness (QED) is 0.502. The fraction of sp³-hybridized carbons (Fsp3) is 0.300. The lowest BCUT2D eigenvalue weighted by molar-refractivity contribution is 0.0525. The number of anilines is 1. The van der Waals surface area contributed by atoms with Crippen molar-refractivity contribution in [3.8, 4) is 0 Å². The van der Waals surface area contributed by atoms with E-state index < -0.39 is 17.6 Å². The molecule has 0 heterocycles. The van der Waals surface area contributed by atoms with Crippen LogP contribution in [0.4, 0.5) is 14.5 Å². The largest absolute Gasteiger partial charge is 0.461 e. The third-order valence-corrected chi connectivity index (χ3v) is 2.40. The molecule has 2 N–H and O–H groups in total. The molecule has 6 heteroatoms. The zero-order valence-electron chi connectivity index (χ0n) is 8.63. The van der Waals surface area contributed by atoms with Crippen molar-refractivity contribution in [1.82, 2.24) is 0 Å². The van der Waals surface area contributed by atoms with Crippen LogP contribution in [0, 0.1) is 11.6 Å². The van der Waals surface area contributed by atoms with Gasteiger partial charge in [-0.05, 0) is 12.3 Å². The van der Waals surface area contributed by atoms with Crippen molar-refractivity contribution >= 4 is 23.4 Å². The molecule has 16 heavy (non-hydrogen) atoms. The average Bonchev–Trinajstić information content (AvgIpc) is 2.23. The molecule has 0 aliphatic carbocycles. The second-order valence-electron chi connectivity index (χ2n) is 2.98. The van der Waals surface area contributed by atoms with Gasteiger partial charge in [0.25, 0.3) is 0 Å². The lowest BCUT2D eigenvalue weighted by Crippen LogP contribution is -2.11. The molecule has 0 radical (unpaired) electrons. The van der Waals surface area contributed by atoms with Crippen LogP contribution in [0.15, 0.2) is 12.1 Å². The van der Waals surface area contributed by atoms with Gasteiger partial charge in [0.05, 0.1) is 11.3 Å². The van der Waals surface area contributed by atoms with Gasteiger partial charge in [-0.1, -0.05) is 0 Å². The fourth-order valence-corrected chi connectivity index (χ4v) is 1.27. The summed E-state index contributed by atoms with van der Waals surface area (Å²) in [5.74, 6) is -2.08. The lowest BCUT2D eigenvalue weighted by Gasteiger charge is -2.06. The molecule has 1 aromatic carbocycles. The van der Waals surface area contributed by atoms with Crippen LogP contribution < -0.4 is 5.73 Å². The molecule has 3 nitrogen and oxygen atoms in total. The van der Waals surface area contributed by atoms with Gasteiger partial charge in [-0.3, -0.25) is 0 Å². The summed E-state index contributed by atoms with van der Waals surface area (Å²) in [6.45, 7) is 0.177. The van der Waals surface area contributed by atoms with Crippen molar-refractivity contribution in [1.29, 1.82) is 0 Å². The molecule has 0 aliphatic rings. The Kier molecular flexibility index (Phi) is 4.54. The van der Waals surface area contributed by atoms with Crippen molar-refractivity contribution < 1.29 is 18.3 Å². The summed E-state index contributed by atoms with van der Waals surface area (Å²) < 4.78 is 30.8. The SMILES string of the molecule is CSCCOC(=O)c1cc(N)c(F)cc1F. The van der Waals surface area contributed by atoms with Gasteiger partial charge in [0.15, 0.2) is 0 Å². The molecule has 0 bridgehead atoms. The van der Waals surface area contributed by atoms with Gasteiger partial charge in [-0.25, -0.2) is 13.6 Å². The number of nitrogen functional groups attached to an aromatic ring is 1. The normalized spacial score (nSPS) is 10.2. The monoisotopic (exact) mass is 247 g/mol. The minimum Gasteiger partial charge on any atom is -0.461 e. The first-order valence-corrected chi connectivity index (χ1v) is 5.86. The molecule has 0 aliphatic heterocycles. The highest BCUT2D eigenvalue weighted by atomic mass is 32.2. The Balaban J connectivity index is 2.79. The van der Waals surface area contributed by atoms with Gasteiger partial charge in [-0.15, -0.1) is 0 Å². The number of benzene rings is 1. The molecule has 0 atom stereocenters. The molecule has 0 amide bonds. The zero-order valence-corrected chi connectivity index (χ0v) is 9.44.